The average molecular weight is 229 g/mol. The van der Waals surface area contributed by atoms with Gasteiger partial charge in [-0.25, -0.2) is 4.98 Å². The Bertz CT molecular complexity index is 294. The van der Waals surface area contributed by atoms with Crippen LogP contribution in [0.3, 0.4) is 0 Å². The first-order valence-corrected chi connectivity index (χ1v) is 5.56. The van der Waals surface area contributed by atoms with Crippen LogP contribution in [-0.2, 0) is 0 Å². The first-order chi connectivity index (χ1) is 7.25. The Labute approximate surface area is 95.7 Å². The van der Waals surface area contributed by atoms with Gasteiger partial charge in [0.05, 0.1) is 5.02 Å². The van der Waals surface area contributed by atoms with Crippen LogP contribution in [0.1, 0.15) is 19.3 Å². The molecular weight excluding hydrogens is 212 g/mol. The summed E-state index contributed by atoms with van der Waals surface area (Å²) < 4.78 is 0. The van der Waals surface area contributed by atoms with Gasteiger partial charge < -0.3 is 10.0 Å². The Hall–Kier alpha value is -0.800. The molecule has 15 heavy (non-hydrogen) atoms. The van der Waals surface area contributed by atoms with Crippen LogP contribution in [0.4, 0.5) is 5.82 Å². The zero-order chi connectivity index (χ0) is 11.1. The molecule has 0 fully saturated rings. The zero-order valence-electron chi connectivity index (χ0n) is 8.99. The normalized spacial score (nSPS) is 10.3. The molecule has 0 amide bonds. The summed E-state index contributed by atoms with van der Waals surface area (Å²) in [5, 5.41) is 9.33. The maximum absolute atomic E-state index is 8.65. The Morgan fingerprint density at radius 3 is 2.87 bits per heavy atom. The molecule has 1 N–H and O–H groups in total. The van der Waals surface area contributed by atoms with E-state index in [0.717, 1.165) is 31.6 Å². The summed E-state index contributed by atoms with van der Waals surface area (Å²) in [6.45, 7) is 1.19. The van der Waals surface area contributed by atoms with Gasteiger partial charge in [-0.1, -0.05) is 11.6 Å². The predicted molar refractivity (Wildman–Crippen MR) is 63.5 cm³/mol. The van der Waals surface area contributed by atoms with Gasteiger partial charge in [-0.05, 0) is 31.4 Å². The minimum Gasteiger partial charge on any atom is -0.396 e. The van der Waals surface area contributed by atoms with Crippen molar-refractivity contribution in [1.82, 2.24) is 4.98 Å². The van der Waals surface area contributed by atoms with E-state index in [-0.39, 0.29) is 6.61 Å². The molecule has 0 aromatic carbocycles. The van der Waals surface area contributed by atoms with Crippen molar-refractivity contribution in [1.29, 1.82) is 0 Å². The standard InChI is InChI=1S/C11H17ClN2O/c1-14(8-3-2-4-9-15)11-10(12)6-5-7-13-11/h5-7,15H,2-4,8-9H2,1H3. The molecule has 0 saturated carbocycles. The Morgan fingerprint density at radius 1 is 1.40 bits per heavy atom. The van der Waals surface area contributed by atoms with Crippen molar-refractivity contribution in [3.63, 3.8) is 0 Å². The zero-order valence-corrected chi connectivity index (χ0v) is 9.74. The molecule has 0 unspecified atom stereocenters. The second-order valence-corrected chi connectivity index (χ2v) is 3.92. The topological polar surface area (TPSA) is 36.4 Å². The van der Waals surface area contributed by atoms with Gasteiger partial charge in [0.25, 0.3) is 0 Å². The predicted octanol–water partition coefficient (Wildman–Crippen LogP) is 2.33. The van der Waals surface area contributed by atoms with Gasteiger partial charge in [0.15, 0.2) is 0 Å². The fourth-order valence-electron chi connectivity index (χ4n) is 1.40. The number of anilines is 1. The fraction of sp³-hybridized carbons (Fsp3) is 0.545. The highest BCUT2D eigenvalue weighted by atomic mass is 35.5. The van der Waals surface area contributed by atoms with Crippen molar-refractivity contribution in [2.45, 2.75) is 19.3 Å². The van der Waals surface area contributed by atoms with Gasteiger partial charge in [-0.2, -0.15) is 0 Å². The highest BCUT2D eigenvalue weighted by Gasteiger charge is 2.05. The van der Waals surface area contributed by atoms with Crippen LogP contribution in [0.5, 0.6) is 0 Å². The molecule has 4 heteroatoms. The third-order valence-corrected chi connectivity index (χ3v) is 2.55. The number of halogens is 1. The largest absolute Gasteiger partial charge is 0.396 e. The van der Waals surface area contributed by atoms with Crippen molar-refractivity contribution >= 4 is 17.4 Å². The molecule has 0 aliphatic carbocycles. The number of pyridine rings is 1. The number of aliphatic hydroxyl groups excluding tert-OH is 1. The van der Waals surface area contributed by atoms with E-state index in [1.165, 1.54) is 0 Å². The highest BCUT2D eigenvalue weighted by Crippen LogP contribution is 2.21. The molecule has 0 radical (unpaired) electrons. The van der Waals surface area contributed by atoms with E-state index in [0.29, 0.717) is 5.02 Å². The minimum absolute atomic E-state index is 0.272. The summed E-state index contributed by atoms with van der Waals surface area (Å²) in [6, 6.07) is 3.67. The van der Waals surface area contributed by atoms with E-state index < -0.39 is 0 Å². The molecule has 0 aliphatic heterocycles. The van der Waals surface area contributed by atoms with E-state index in [2.05, 4.69) is 4.98 Å². The number of aliphatic hydroxyl groups is 1. The molecule has 3 nitrogen and oxygen atoms in total. The number of nitrogens with zero attached hydrogens (tertiary/aromatic N) is 2. The molecule has 1 rings (SSSR count). The summed E-state index contributed by atoms with van der Waals surface area (Å²) in [7, 11) is 1.98. The van der Waals surface area contributed by atoms with Gasteiger partial charge in [0.1, 0.15) is 5.82 Å². The van der Waals surface area contributed by atoms with Crippen molar-refractivity contribution in [3.05, 3.63) is 23.4 Å². The number of rotatable bonds is 6. The minimum atomic E-state index is 0.272. The molecule has 0 spiro atoms. The maximum Gasteiger partial charge on any atom is 0.147 e. The summed E-state index contributed by atoms with van der Waals surface area (Å²) in [4.78, 5) is 6.26. The lowest BCUT2D eigenvalue weighted by Gasteiger charge is -2.18. The first kappa shape index (κ1) is 12.3. The molecule has 0 bridgehead atoms. The lowest BCUT2D eigenvalue weighted by molar-refractivity contribution is 0.283. The molecule has 0 atom stereocenters. The van der Waals surface area contributed by atoms with E-state index in [9.17, 15) is 0 Å². The average Bonchev–Trinajstić information content (AvgIpc) is 2.25. The fourth-order valence-corrected chi connectivity index (χ4v) is 1.67. The lowest BCUT2D eigenvalue weighted by atomic mass is 10.2. The molecule has 1 aromatic heterocycles. The van der Waals surface area contributed by atoms with Crippen LogP contribution in [0.25, 0.3) is 0 Å². The summed E-state index contributed by atoms with van der Waals surface area (Å²) in [5.41, 5.74) is 0. The Kier molecular flexibility index (Phi) is 5.43. The van der Waals surface area contributed by atoms with Crippen molar-refractivity contribution in [3.8, 4) is 0 Å². The summed E-state index contributed by atoms with van der Waals surface area (Å²) >= 11 is 6.02. The third kappa shape index (κ3) is 4.06. The first-order valence-electron chi connectivity index (χ1n) is 5.18. The number of hydrogen-bond acceptors (Lipinski definition) is 3. The van der Waals surface area contributed by atoms with Gasteiger partial charge in [-0.15, -0.1) is 0 Å². The van der Waals surface area contributed by atoms with E-state index in [1.54, 1.807) is 6.20 Å². The second-order valence-electron chi connectivity index (χ2n) is 3.51. The van der Waals surface area contributed by atoms with Crippen molar-refractivity contribution < 1.29 is 5.11 Å². The highest BCUT2D eigenvalue weighted by molar-refractivity contribution is 6.32. The molecular formula is C11H17ClN2O. The second kappa shape index (κ2) is 6.64. The molecule has 1 aromatic rings. The quantitative estimate of drug-likeness (QED) is 0.760. The van der Waals surface area contributed by atoms with Gasteiger partial charge >= 0.3 is 0 Å². The Balaban J connectivity index is 2.40. The smallest absolute Gasteiger partial charge is 0.147 e. The molecule has 84 valence electrons. The molecule has 1 heterocycles. The van der Waals surface area contributed by atoms with Crippen LogP contribution in [0, 0.1) is 0 Å². The lowest BCUT2D eigenvalue weighted by Crippen LogP contribution is -2.20. The summed E-state index contributed by atoms with van der Waals surface area (Å²) in [6.07, 6.45) is 4.69. The van der Waals surface area contributed by atoms with Crippen LogP contribution >= 0.6 is 11.6 Å². The SMILES string of the molecule is CN(CCCCCO)c1ncccc1Cl. The maximum atomic E-state index is 8.65. The van der Waals surface area contributed by atoms with Gasteiger partial charge in [0.2, 0.25) is 0 Å². The third-order valence-electron chi connectivity index (χ3n) is 2.25. The van der Waals surface area contributed by atoms with E-state index >= 15 is 0 Å². The van der Waals surface area contributed by atoms with E-state index in [1.807, 2.05) is 24.1 Å². The van der Waals surface area contributed by atoms with Crippen LogP contribution < -0.4 is 4.90 Å². The molecule has 0 saturated heterocycles. The monoisotopic (exact) mass is 228 g/mol. The summed E-state index contributed by atoms with van der Waals surface area (Å²) in [5.74, 6) is 0.822. The Morgan fingerprint density at radius 2 is 2.20 bits per heavy atom. The number of hydrogen-bond donors (Lipinski definition) is 1. The number of unbranched alkanes of at least 4 members (excludes halogenated alkanes) is 2. The van der Waals surface area contributed by atoms with Crippen LogP contribution in [0.2, 0.25) is 5.02 Å². The van der Waals surface area contributed by atoms with Crippen LogP contribution in [0.15, 0.2) is 18.3 Å². The van der Waals surface area contributed by atoms with Crippen LogP contribution in [-0.4, -0.2) is 30.3 Å². The number of aromatic nitrogens is 1. The van der Waals surface area contributed by atoms with Gasteiger partial charge in [0, 0.05) is 26.4 Å². The van der Waals surface area contributed by atoms with E-state index in [4.69, 9.17) is 16.7 Å². The van der Waals surface area contributed by atoms with Crippen molar-refractivity contribution in [2.24, 2.45) is 0 Å². The van der Waals surface area contributed by atoms with Crippen molar-refractivity contribution in [2.75, 3.05) is 25.1 Å². The van der Waals surface area contributed by atoms with Gasteiger partial charge in [-0.3, -0.25) is 0 Å². The molecule has 0 aliphatic rings.